The van der Waals surface area contributed by atoms with Gasteiger partial charge in [-0.1, -0.05) is 30.5 Å². The van der Waals surface area contributed by atoms with Gasteiger partial charge in [-0.2, -0.15) is 0 Å². The van der Waals surface area contributed by atoms with Gasteiger partial charge in [-0.25, -0.2) is 0 Å². The Labute approximate surface area is 141 Å². The zero-order valence-corrected chi connectivity index (χ0v) is 15.0. The van der Waals surface area contributed by atoms with Gasteiger partial charge in [0.25, 0.3) is 5.91 Å². The van der Waals surface area contributed by atoms with Crippen LogP contribution in [-0.2, 0) is 11.3 Å². The maximum Gasteiger partial charge on any atom is 0.261 e. The number of amides is 1. The number of benzene rings is 1. The van der Waals surface area contributed by atoms with Crippen LogP contribution in [0.3, 0.4) is 0 Å². The van der Waals surface area contributed by atoms with E-state index >= 15 is 0 Å². The third-order valence-electron chi connectivity index (χ3n) is 3.57. The molecule has 1 aromatic carbocycles. The Morgan fingerprint density at radius 2 is 2.04 bits per heavy atom. The number of rotatable bonds is 6. The SMILES string of the molecule is Cc1ccc(C)c(O[C@H](C)C(=O)NCc2snnc2C(C)C)c1. The summed E-state index contributed by atoms with van der Waals surface area (Å²) in [6.07, 6.45) is -0.557. The summed E-state index contributed by atoms with van der Waals surface area (Å²) < 4.78 is 9.76. The van der Waals surface area contributed by atoms with Crippen LogP contribution in [0.5, 0.6) is 5.75 Å². The molecule has 0 spiro atoms. The fourth-order valence-corrected chi connectivity index (χ4v) is 2.90. The minimum atomic E-state index is -0.557. The number of nitrogens with zero attached hydrogens (tertiary/aromatic N) is 2. The first-order valence-electron chi connectivity index (χ1n) is 7.71. The van der Waals surface area contributed by atoms with Crippen molar-refractivity contribution < 1.29 is 9.53 Å². The summed E-state index contributed by atoms with van der Waals surface area (Å²) in [6.45, 7) is 10.3. The lowest BCUT2D eigenvalue weighted by Crippen LogP contribution is -2.36. The van der Waals surface area contributed by atoms with Gasteiger partial charge in [0.2, 0.25) is 0 Å². The first-order valence-corrected chi connectivity index (χ1v) is 8.48. The molecule has 0 aliphatic rings. The number of aryl methyl sites for hydroxylation is 2. The topological polar surface area (TPSA) is 64.1 Å². The maximum absolute atomic E-state index is 12.2. The molecule has 0 aliphatic carbocycles. The highest BCUT2D eigenvalue weighted by atomic mass is 32.1. The van der Waals surface area contributed by atoms with Crippen LogP contribution >= 0.6 is 11.5 Å². The maximum atomic E-state index is 12.2. The minimum Gasteiger partial charge on any atom is -0.481 e. The number of hydrogen-bond acceptors (Lipinski definition) is 5. The van der Waals surface area contributed by atoms with E-state index in [1.807, 2.05) is 32.0 Å². The van der Waals surface area contributed by atoms with Gasteiger partial charge in [-0.05, 0) is 55.4 Å². The molecule has 1 atom stereocenters. The van der Waals surface area contributed by atoms with Gasteiger partial charge in [-0.15, -0.1) is 5.10 Å². The molecule has 1 heterocycles. The molecule has 0 saturated heterocycles. The Morgan fingerprint density at radius 1 is 1.30 bits per heavy atom. The predicted molar refractivity (Wildman–Crippen MR) is 91.9 cm³/mol. The Hall–Kier alpha value is -1.95. The largest absolute Gasteiger partial charge is 0.481 e. The van der Waals surface area contributed by atoms with E-state index in [0.717, 1.165) is 27.4 Å². The molecule has 23 heavy (non-hydrogen) atoms. The summed E-state index contributed by atoms with van der Waals surface area (Å²) >= 11 is 1.32. The minimum absolute atomic E-state index is 0.144. The van der Waals surface area contributed by atoms with Gasteiger partial charge < -0.3 is 10.1 Å². The van der Waals surface area contributed by atoms with Crippen molar-refractivity contribution in [2.24, 2.45) is 0 Å². The lowest BCUT2D eigenvalue weighted by molar-refractivity contribution is -0.127. The van der Waals surface area contributed by atoms with Crippen LogP contribution in [0.25, 0.3) is 0 Å². The van der Waals surface area contributed by atoms with E-state index in [2.05, 4.69) is 28.8 Å². The number of ether oxygens (including phenoxy) is 1. The monoisotopic (exact) mass is 333 g/mol. The number of aromatic nitrogens is 2. The third-order valence-corrected chi connectivity index (χ3v) is 4.31. The number of nitrogens with one attached hydrogen (secondary N) is 1. The summed E-state index contributed by atoms with van der Waals surface area (Å²) in [7, 11) is 0. The van der Waals surface area contributed by atoms with E-state index in [0.29, 0.717) is 12.5 Å². The lowest BCUT2D eigenvalue weighted by atomic mass is 10.1. The van der Waals surface area contributed by atoms with Crippen molar-refractivity contribution in [3.8, 4) is 5.75 Å². The van der Waals surface area contributed by atoms with Crippen molar-refractivity contribution in [1.29, 1.82) is 0 Å². The van der Waals surface area contributed by atoms with Crippen molar-refractivity contribution in [1.82, 2.24) is 14.9 Å². The van der Waals surface area contributed by atoms with Crippen LogP contribution in [0.15, 0.2) is 18.2 Å². The molecule has 6 heteroatoms. The first-order chi connectivity index (χ1) is 10.9. The van der Waals surface area contributed by atoms with Gasteiger partial charge in [0.05, 0.1) is 17.1 Å². The molecule has 0 radical (unpaired) electrons. The van der Waals surface area contributed by atoms with E-state index < -0.39 is 6.10 Å². The van der Waals surface area contributed by atoms with Crippen molar-refractivity contribution in [3.63, 3.8) is 0 Å². The number of carbonyl (C=O) groups excluding carboxylic acids is 1. The highest BCUT2D eigenvalue weighted by molar-refractivity contribution is 7.05. The molecule has 0 unspecified atom stereocenters. The fraction of sp³-hybridized carbons (Fsp3) is 0.471. The van der Waals surface area contributed by atoms with Crippen molar-refractivity contribution in [2.45, 2.75) is 53.2 Å². The zero-order chi connectivity index (χ0) is 17.0. The Balaban J connectivity index is 1.95. The van der Waals surface area contributed by atoms with E-state index in [1.54, 1.807) is 6.92 Å². The molecule has 1 amide bonds. The zero-order valence-electron chi connectivity index (χ0n) is 14.2. The van der Waals surface area contributed by atoms with Crippen molar-refractivity contribution in [3.05, 3.63) is 39.9 Å². The highest BCUT2D eigenvalue weighted by Crippen LogP contribution is 2.21. The second kappa shape index (κ2) is 7.55. The molecule has 0 aliphatic heterocycles. The summed E-state index contributed by atoms with van der Waals surface area (Å²) in [4.78, 5) is 13.2. The predicted octanol–water partition coefficient (Wildman–Crippen LogP) is 3.36. The van der Waals surface area contributed by atoms with Crippen LogP contribution in [-0.4, -0.2) is 21.6 Å². The lowest BCUT2D eigenvalue weighted by Gasteiger charge is -2.16. The molecule has 0 bridgehead atoms. The van der Waals surface area contributed by atoms with Crippen LogP contribution in [0, 0.1) is 13.8 Å². The molecule has 0 saturated carbocycles. The van der Waals surface area contributed by atoms with Gasteiger partial charge in [0, 0.05) is 0 Å². The van der Waals surface area contributed by atoms with Crippen molar-refractivity contribution >= 4 is 17.4 Å². The molecule has 2 aromatic rings. The van der Waals surface area contributed by atoms with Gasteiger partial charge >= 0.3 is 0 Å². The number of hydrogen-bond donors (Lipinski definition) is 1. The second-order valence-electron chi connectivity index (χ2n) is 5.98. The van der Waals surface area contributed by atoms with Gasteiger partial charge in [0.15, 0.2) is 6.10 Å². The fourth-order valence-electron chi connectivity index (χ4n) is 2.17. The molecular formula is C17H23N3O2S. The molecule has 5 nitrogen and oxygen atoms in total. The van der Waals surface area contributed by atoms with E-state index in [-0.39, 0.29) is 5.91 Å². The van der Waals surface area contributed by atoms with Gasteiger partial charge in [-0.3, -0.25) is 4.79 Å². The molecule has 0 fully saturated rings. The van der Waals surface area contributed by atoms with E-state index in [4.69, 9.17) is 4.74 Å². The van der Waals surface area contributed by atoms with Gasteiger partial charge in [0.1, 0.15) is 5.75 Å². The molecular weight excluding hydrogens is 310 g/mol. The van der Waals surface area contributed by atoms with Crippen LogP contribution in [0.2, 0.25) is 0 Å². The van der Waals surface area contributed by atoms with Crippen LogP contribution < -0.4 is 10.1 Å². The van der Waals surface area contributed by atoms with E-state index in [1.165, 1.54) is 11.5 Å². The van der Waals surface area contributed by atoms with Crippen LogP contribution in [0.4, 0.5) is 0 Å². The summed E-state index contributed by atoms with van der Waals surface area (Å²) in [5.41, 5.74) is 3.07. The van der Waals surface area contributed by atoms with E-state index in [9.17, 15) is 4.79 Å². The summed E-state index contributed by atoms with van der Waals surface area (Å²) in [6, 6.07) is 5.97. The molecule has 1 aromatic heterocycles. The first kappa shape index (κ1) is 17.4. The Morgan fingerprint density at radius 3 is 2.74 bits per heavy atom. The Kier molecular flexibility index (Phi) is 5.71. The third kappa shape index (κ3) is 4.51. The average molecular weight is 333 g/mol. The molecule has 2 rings (SSSR count). The average Bonchev–Trinajstić information content (AvgIpc) is 2.97. The summed E-state index contributed by atoms with van der Waals surface area (Å²) in [5.74, 6) is 0.897. The highest BCUT2D eigenvalue weighted by Gasteiger charge is 2.18. The van der Waals surface area contributed by atoms with Crippen molar-refractivity contribution in [2.75, 3.05) is 0 Å². The molecule has 124 valence electrons. The second-order valence-corrected chi connectivity index (χ2v) is 6.82. The quantitative estimate of drug-likeness (QED) is 0.880. The van der Waals surface area contributed by atoms with Crippen LogP contribution in [0.1, 0.15) is 48.4 Å². The smallest absolute Gasteiger partial charge is 0.261 e. The molecule has 1 N–H and O–H groups in total. The standard InChI is InChI=1S/C17H23N3O2S/c1-10(2)16-15(23-20-19-16)9-18-17(21)13(5)22-14-8-11(3)6-7-12(14)4/h6-8,10,13H,9H2,1-5H3,(H,18,21)/t13-/m1/s1. The summed E-state index contributed by atoms with van der Waals surface area (Å²) in [5, 5.41) is 7.01. The normalized spacial score (nSPS) is 12.3. The Bertz CT molecular complexity index is 682. The number of carbonyl (C=O) groups is 1.